The Morgan fingerprint density at radius 1 is 1.11 bits per heavy atom. The van der Waals surface area contributed by atoms with E-state index < -0.39 is 0 Å². The van der Waals surface area contributed by atoms with E-state index in [9.17, 15) is 14.9 Å². The number of carbonyl (C=O) groups is 2. The zero-order chi connectivity index (χ0) is 19.5. The smallest absolute Gasteiger partial charge is 0.226 e. The van der Waals surface area contributed by atoms with Crippen molar-refractivity contribution < 1.29 is 9.59 Å². The largest absolute Gasteiger partial charge is 0.340 e. The van der Waals surface area contributed by atoms with Crippen LogP contribution in [0.15, 0.2) is 0 Å². The molecule has 1 saturated heterocycles. The summed E-state index contributed by atoms with van der Waals surface area (Å²) in [6.07, 6.45) is 8.01. The summed E-state index contributed by atoms with van der Waals surface area (Å²) in [7, 11) is 0. The predicted molar refractivity (Wildman–Crippen MR) is 109 cm³/mol. The molecule has 1 aromatic rings. The highest BCUT2D eigenvalue weighted by atomic mass is 32.1. The molecule has 7 heteroatoms. The molecule has 1 saturated carbocycles. The number of hydrogen-bond acceptors (Lipinski definition) is 5. The number of hydrogen-bond donors (Lipinski definition) is 1. The predicted octanol–water partition coefficient (Wildman–Crippen LogP) is 2.77. The lowest BCUT2D eigenvalue weighted by Gasteiger charge is -2.34. The number of piperazine rings is 1. The molecule has 2 amide bonds. The van der Waals surface area contributed by atoms with Crippen molar-refractivity contribution in [2.45, 2.75) is 51.4 Å². The molecule has 0 unspecified atom stereocenters. The van der Waals surface area contributed by atoms with Gasteiger partial charge in [0.2, 0.25) is 11.8 Å². The van der Waals surface area contributed by atoms with Gasteiger partial charge >= 0.3 is 0 Å². The van der Waals surface area contributed by atoms with Crippen molar-refractivity contribution >= 4 is 28.2 Å². The van der Waals surface area contributed by atoms with Crippen LogP contribution in [0.2, 0.25) is 0 Å². The van der Waals surface area contributed by atoms with Gasteiger partial charge in [-0.2, -0.15) is 5.26 Å². The van der Waals surface area contributed by atoms with Crippen LogP contribution in [-0.4, -0.2) is 54.3 Å². The molecule has 3 aliphatic rings. The molecule has 0 atom stereocenters. The molecule has 4 rings (SSSR count). The lowest BCUT2D eigenvalue weighted by molar-refractivity contribution is -0.134. The Kier molecular flexibility index (Phi) is 5.98. The van der Waals surface area contributed by atoms with E-state index in [1.54, 1.807) is 11.3 Å². The van der Waals surface area contributed by atoms with Crippen LogP contribution in [0.1, 0.15) is 54.5 Å². The van der Waals surface area contributed by atoms with Gasteiger partial charge in [0, 0.05) is 49.9 Å². The van der Waals surface area contributed by atoms with Crippen molar-refractivity contribution in [3.63, 3.8) is 0 Å². The standard InChI is InChI=1S/C21H28N4O2S/c22-14-17-16-4-2-1-3-5-18(16)28-20(17)23-19(26)8-9-24-10-12-25(13-11-24)21(27)15-6-7-15/h15H,1-13H2,(H,23,26). The molecule has 2 fully saturated rings. The van der Waals surface area contributed by atoms with Crippen molar-refractivity contribution in [2.24, 2.45) is 5.92 Å². The number of carbonyl (C=O) groups excluding carboxylic acids is 2. The Balaban J connectivity index is 1.26. The quantitative estimate of drug-likeness (QED) is 0.771. The maximum Gasteiger partial charge on any atom is 0.226 e. The highest BCUT2D eigenvalue weighted by Gasteiger charge is 2.34. The van der Waals surface area contributed by atoms with Gasteiger partial charge in [-0.15, -0.1) is 11.3 Å². The topological polar surface area (TPSA) is 76.4 Å². The van der Waals surface area contributed by atoms with Crippen LogP contribution in [0.5, 0.6) is 0 Å². The van der Waals surface area contributed by atoms with Crippen LogP contribution < -0.4 is 5.32 Å². The molecule has 2 heterocycles. The van der Waals surface area contributed by atoms with Crippen LogP contribution in [-0.2, 0) is 22.4 Å². The van der Waals surface area contributed by atoms with E-state index in [-0.39, 0.29) is 11.8 Å². The molecular weight excluding hydrogens is 372 g/mol. The van der Waals surface area contributed by atoms with Gasteiger partial charge in [0.1, 0.15) is 11.1 Å². The van der Waals surface area contributed by atoms with E-state index >= 15 is 0 Å². The van der Waals surface area contributed by atoms with Crippen LogP contribution in [0.3, 0.4) is 0 Å². The second-order valence-corrected chi connectivity index (χ2v) is 9.22. The molecule has 150 valence electrons. The van der Waals surface area contributed by atoms with Crippen molar-refractivity contribution in [1.82, 2.24) is 9.80 Å². The van der Waals surface area contributed by atoms with Gasteiger partial charge in [-0.3, -0.25) is 14.5 Å². The number of nitrogens with one attached hydrogen (secondary N) is 1. The lowest BCUT2D eigenvalue weighted by Crippen LogP contribution is -2.49. The van der Waals surface area contributed by atoms with E-state index in [1.807, 2.05) is 4.90 Å². The summed E-state index contributed by atoms with van der Waals surface area (Å²) < 4.78 is 0. The molecular formula is C21H28N4O2S. The Hall–Kier alpha value is -1.91. The van der Waals surface area contributed by atoms with Crippen molar-refractivity contribution in [2.75, 3.05) is 38.0 Å². The van der Waals surface area contributed by atoms with E-state index in [2.05, 4.69) is 16.3 Å². The van der Waals surface area contributed by atoms with Crippen molar-refractivity contribution in [1.29, 1.82) is 5.26 Å². The number of anilines is 1. The normalized spacial score (nSPS) is 20.2. The highest BCUT2D eigenvalue weighted by Crippen LogP contribution is 2.37. The molecule has 6 nitrogen and oxygen atoms in total. The third-order valence-electron chi connectivity index (χ3n) is 6.05. The number of nitriles is 1. The minimum Gasteiger partial charge on any atom is -0.340 e. The van der Waals surface area contributed by atoms with E-state index in [0.717, 1.165) is 68.8 Å². The Morgan fingerprint density at radius 2 is 1.86 bits per heavy atom. The zero-order valence-corrected chi connectivity index (χ0v) is 17.2. The highest BCUT2D eigenvalue weighted by molar-refractivity contribution is 7.16. The molecule has 0 aromatic carbocycles. The monoisotopic (exact) mass is 400 g/mol. The summed E-state index contributed by atoms with van der Waals surface area (Å²) in [5.74, 6) is 0.579. The summed E-state index contributed by atoms with van der Waals surface area (Å²) in [6.45, 7) is 3.91. The van der Waals surface area contributed by atoms with Crippen molar-refractivity contribution in [3.8, 4) is 6.07 Å². The fourth-order valence-electron chi connectivity index (χ4n) is 4.18. The number of fused-ring (bicyclic) bond motifs is 1. The van der Waals surface area contributed by atoms with Gasteiger partial charge in [0.15, 0.2) is 0 Å². The maximum absolute atomic E-state index is 12.5. The fourth-order valence-corrected chi connectivity index (χ4v) is 5.43. The number of rotatable bonds is 5. The molecule has 0 spiro atoms. The molecule has 0 bridgehead atoms. The first-order chi connectivity index (χ1) is 13.7. The van der Waals surface area contributed by atoms with Crippen LogP contribution in [0, 0.1) is 17.2 Å². The summed E-state index contributed by atoms with van der Waals surface area (Å²) in [5, 5.41) is 13.3. The number of thiophene rings is 1. The van der Waals surface area contributed by atoms with Crippen LogP contribution >= 0.6 is 11.3 Å². The van der Waals surface area contributed by atoms with E-state index in [1.165, 1.54) is 17.7 Å². The first-order valence-electron chi connectivity index (χ1n) is 10.5. The molecule has 1 aliphatic heterocycles. The third kappa shape index (κ3) is 4.39. The first-order valence-corrected chi connectivity index (χ1v) is 11.3. The van der Waals surface area contributed by atoms with E-state index in [0.29, 0.717) is 24.4 Å². The second-order valence-electron chi connectivity index (χ2n) is 8.12. The fraction of sp³-hybridized carbons (Fsp3) is 0.667. The minimum absolute atomic E-state index is 0.0237. The van der Waals surface area contributed by atoms with Gasteiger partial charge in [-0.1, -0.05) is 6.42 Å². The molecule has 2 aliphatic carbocycles. The number of nitrogens with zero attached hydrogens (tertiary/aromatic N) is 3. The SMILES string of the molecule is N#Cc1c(NC(=O)CCN2CCN(C(=O)C3CC3)CC2)sc2c1CCCCC2. The van der Waals surface area contributed by atoms with Gasteiger partial charge in [-0.05, 0) is 44.1 Å². The molecule has 1 aromatic heterocycles. The maximum atomic E-state index is 12.5. The number of amides is 2. The summed E-state index contributed by atoms with van der Waals surface area (Å²) in [6, 6.07) is 2.32. The van der Waals surface area contributed by atoms with Crippen LogP contribution in [0.4, 0.5) is 5.00 Å². The Bertz CT molecular complexity index is 785. The van der Waals surface area contributed by atoms with Gasteiger partial charge in [0.05, 0.1) is 5.56 Å². The summed E-state index contributed by atoms with van der Waals surface area (Å²) >= 11 is 1.59. The Morgan fingerprint density at radius 3 is 2.57 bits per heavy atom. The summed E-state index contributed by atoms with van der Waals surface area (Å²) in [4.78, 5) is 30.1. The summed E-state index contributed by atoms with van der Waals surface area (Å²) in [5.41, 5.74) is 1.85. The average Bonchev–Trinajstić information content (AvgIpc) is 3.53. The zero-order valence-electron chi connectivity index (χ0n) is 16.3. The van der Waals surface area contributed by atoms with E-state index in [4.69, 9.17) is 0 Å². The average molecular weight is 401 g/mol. The minimum atomic E-state index is -0.0237. The van der Waals surface area contributed by atoms with Crippen LogP contribution in [0.25, 0.3) is 0 Å². The second kappa shape index (κ2) is 8.62. The van der Waals surface area contributed by atoms with Gasteiger partial charge < -0.3 is 10.2 Å². The van der Waals surface area contributed by atoms with Crippen molar-refractivity contribution in [3.05, 3.63) is 16.0 Å². The Labute approximate surface area is 170 Å². The molecule has 0 radical (unpaired) electrons. The van der Waals surface area contributed by atoms with Gasteiger partial charge in [0.25, 0.3) is 0 Å². The number of aryl methyl sites for hydroxylation is 1. The first kappa shape index (κ1) is 19.4. The molecule has 28 heavy (non-hydrogen) atoms. The lowest BCUT2D eigenvalue weighted by atomic mass is 10.1. The van der Waals surface area contributed by atoms with Gasteiger partial charge in [-0.25, -0.2) is 0 Å². The molecule has 1 N–H and O–H groups in total. The third-order valence-corrected chi connectivity index (χ3v) is 7.26.